The van der Waals surface area contributed by atoms with Crippen LogP contribution in [0, 0.1) is 11.8 Å². The van der Waals surface area contributed by atoms with Gasteiger partial charge < -0.3 is 5.32 Å². The lowest BCUT2D eigenvalue weighted by molar-refractivity contribution is -0.126. The van der Waals surface area contributed by atoms with Gasteiger partial charge in [0.15, 0.2) is 0 Å². The van der Waals surface area contributed by atoms with Crippen molar-refractivity contribution in [2.75, 3.05) is 6.54 Å². The SMILES string of the molecule is CC(C)CCC1CCCNC1=O. The summed E-state index contributed by atoms with van der Waals surface area (Å²) in [6.07, 6.45) is 4.51. The number of amides is 1. The van der Waals surface area contributed by atoms with Crippen molar-refractivity contribution in [1.82, 2.24) is 5.32 Å². The maximum Gasteiger partial charge on any atom is 0.223 e. The molecule has 0 spiro atoms. The van der Waals surface area contributed by atoms with Crippen molar-refractivity contribution >= 4 is 5.91 Å². The topological polar surface area (TPSA) is 29.1 Å². The molecular formula is C10H19NO. The summed E-state index contributed by atoms with van der Waals surface area (Å²) in [7, 11) is 0. The van der Waals surface area contributed by atoms with E-state index in [0.717, 1.165) is 31.7 Å². The summed E-state index contributed by atoms with van der Waals surface area (Å²) in [6, 6.07) is 0. The van der Waals surface area contributed by atoms with Crippen molar-refractivity contribution in [3.8, 4) is 0 Å². The van der Waals surface area contributed by atoms with Gasteiger partial charge in [0.2, 0.25) is 5.91 Å². The lowest BCUT2D eigenvalue weighted by atomic mass is 9.91. The summed E-state index contributed by atoms with van der Waals surface area (Å²) >= 11 is 0. The third-order valence-electron chi connectivity index (χ3n) is 2.49. The zero-order valence-electron chi connectivity index (χ0n) is 8.10. The molecule has 70 valence electrons. The molecule has 1 heterocycles. The number of hydrogen-bond acceptors (Lipinski definition) is 1. The molecule has 1 aliphatic rings. The number of carbonyl (C=O) groups is 1. The van der Waals surface area contributed by atoms with E-state index in [2.05, 4.69) is 19.2 Å². The number of nitrogens with one attached hydrogen (secondary N) is 1. The number of rotatable bonds is 3. The van der Waals surface area contributed by atoms with Crippen LogP contribution >= 0.6 is 0 Å². The standard InChI is InChI=1S/C10H19NO/c1-8(2)5-6-9-4-3-7-11-10(9)12/h8-9H,3-7H2,1-2H3,(H,11,12). The predicted octanol–water partition coefficient (Wildman–Crippen LogP) is 1.95. The summed E-state index contributed by atoms with van der Waals surface area (Å²) in [5.41, 5.74) is 0. The molecule has 1 atom stereocenters. The van der Waals surface area contributed by atoms with E-state index in [9.17, 15) is 4.79 Å². The molecule has 2 nitrogen and oxygen atoms in total. The molecule has 0 radical (unpaired) electrons. The maximum absolute atomic E-state index is 11.3. The predicted molar refractivity (Wildman–Crippen MR) is 49.8 cm³/mol. The first-order valence-corrected chi connectivity index (χ1v) is 4.98. The Morgan fingerprint density at radius 3 is 2.92 bits per heavy atom. The third kappa shape index (κ3) is 2.84. The first-order valence-electron chi connectivity index (χ1n) is 4.98. The molecule has 1 fully saturated rings. The molecule has 2 heteroatoms. The van der Waals surface area contributed by atoms with Crippen LogP contribution in [0.5, 0.6) is 0 Å². The summed E-state index contributed by atoms with van der Waals surface area (Å²) in [5, 5.41) is 2.92. The molecule has 1 unspecified atom stereocenters. The smallest absolute Gasteiger partial charge is 0.223 e. The molecule has 0 aromatic heterocycles. The number of hydrogen-bond donors (Lipinski definition) is 1. The fourth-order valence-corrected chi connectivity index (χ4v) is 1.65. The molecule has 1 aliphatic heterocycles. The van der Waals surface area contributed by atoms with Gasteiger partial charge >= 0.3 is 0 Å². The molecule has 0 aromatic carbocycles. The lowest BCUT2D eigenvalue weighted by Crippen LogP contribution is -2.36. The Morgan fingerprint density at radius 2 is 2.33 bits per heavy atom. The summed E-state index contributed by atoms with van der Waals surface area (Å²) in [5.74, 6) is 1.31. The van der Waals surface area contributed by atoms with Crippen molar-refractivity contribution in [2.45, 2.75) is 39.5 Å². The van der Waals surface area contributed by atoms with Crippen LogP contribution in [0.3, 0.4) is 0 Å². The molecule has 0 aromatic rings. The fourth-order valence-electron chi connectivity index (χ4n) is 1.65. The van der Waals surface area contributed by atoms with Crippen LogP contribution in [0.4, 0.5) is 0 Å². The minimum atomic E-state index is 0.280. The van der Waals surface area contributed by atoms with Crippen molar-refractivity contribution in [2.24, 2.45) is 11.8 Å². The van der Waals surface area contributed by atoms with Crippen molar-refractivity contribution in [3.63, 3.8) is 0 Å². The van der Waals surface area contributed by atoms with Gasteiger partial charge in [-0.2, -0.15) is 0 Å². The average molecular weight is 169 g/mol. The monoisotopic (exact) mass is 169 g/mol. The van der Waals surface area contributed by atoms with E-state index in [0.29, 0.717) is 5.92 Å². The second-order valence-electron chi connectivity index (χ2n) is 4.10. The molecule has 1 rings (SSSR count). The van der Waals surface area contributed by atoms with Crippen molar-refractivity contribution < 1.29 is 4.79 Å². The molecular weight excluding hydrogens is 150 g/mol. The van der Waals surface area contributed by atoms with Crippen LogP contribution in [0.25, 0.3) is 0 Å². The van der Waals surface area contributed by atoms with E-state index in [-0.39, 0.29) is 5.91 Å². The summed E-state index contributed by atoms with van der Waals surface area (Å²) < 4.78 is 0. The van der Waals surface area contributed by atoms with Gasteiger partial charge in [-0.25, -0.2) is 0 Å². The maximum atomic E-state index is 11.3. The minimum absolute atomic E-state index is 0.280. The summed E-state index contributed by atoms with van der Waals surface area (Å²) in [4.78, 5) is 11.3. The van der Waals surface area contributed by atoms with Gasteiger partial charge in [-0.15, -0.1) is 0 Å². The Hall–Kier alpha value is -0.530. The van der Waals surface area contributed by atoms with Gasteiger partial charge in [0.05, 0.1) is 0 Å². The van der Waals surface area contributed by atoms with E-state index >= 15 is 0 Å². The van der Waals surface area contributed by atoms with Crippen LogP contribution in [0.1, 0.15) is 39.5 Å². The average Bonchev–Trinajstić information content (AvgIpc) is 2.03. The van der Waals surface area contributed by atoms with Gasteiger partial charge in [0.1, 0.15) is 0 Å². The van der Waals surface area contributed by atoms with E-state index < -0.39 is 0 Å². The van der Waals surface area contributed by atoms with Crippen LogP contribution < -0.4 is 5.32 Å². The Labute approximate surface area is 74.7 Å². The Balaban J connectivity index is 2.25. The molecule has 0 saturated carbocycles. The summed E-state index contributed by atoms with van der Waals surface area (Å²) in [6.45, 7) is 5.30. The highest BCUT2D eigenvalue weighted by molar-refractivity contribution is 5.79. The van der Waals surface area contributed by atoms with Crippen LogP contribution in [0.15, 0.2) is 0 Å². The third-order valence-corrected chi connectivity index (χ3v) is 2.49. The van der Waals surface area contributed by atoms with Gasteiger partial charge in [-0.3, -0.25) is 4.79 Å². The van der Waals surface area contributed by atoms with Crippen LogP contribution in [0.2, 0.25) is 0 Å². The highest BCUT2D eigenvalue weighted by atomic mass is 16.1. The Kier molecular flexibility index (Phi) is 3.57. The normalized spacial score (nSPS) is 24.2. The Morgan fingerprint density at radius 1 is 1.58 bits per heavy atom. The van der Waals surface area contributed by atoms with E-state index in [1.54, 1.807) is 0 Å². The highest BCUT2D eigenvalue weighted by Crippen LogP contribution is 2.19. The van der Waals surface area contributed by atoms with Gasteiger partial charge in [0, 0.05) is 12.5 Å². The number of piperidine rings is 1. The lowest BCUT2D eigenvalue weighted by Gasteiger charge is -2.22. The quantitative estimate of drug-likeness (QED) is 0.687. The second kappa shape index (κ2) is 4.48. The number of carbonyl (C=O) groups excluding carboxylic acids is 1. The molecule has 0 aliphatic carbocycles. The van der Waals surface area contributed by atoms with E-state index in [1.807, 2.05) is 0 Å². The van der Waals surface area contributed by atoms with Crippen molar-refractivity contribution in [3.05, 3.63) is 0 Å². The van der Waals surface area contributed by atoms with Crippen molar-refractivity contribution in [1.29, 1.82) is 0 Å². The van der Waals surface area contributed by atoms with Gasteiger partial charge in [0.25, 0.3) is 0 Å². The first kappa shape index (κ1) is 9.56. The zero-order chi connectivity index (χ0) is 8.97. The highest BCUT2D eigenvalue weighted by Gasteiger charge is 2.21. The van der Waals surface area contributed by atoms with E-state index in [1.165, 1.54) is 6.42 Å². The molecule has 1 N–H and O–H groups in total. The largest absolute Gasteiger partial charge is 0.356 e. The Bertz CT molecular complexity index is 154. The first-order chi connectivity index (χ1) is 5.70. The molecule has 12 heavy (non-hydrogen) atoms. The molecule has 0 bridgehead atoms. The van der Waals surface area contributed by atoms with Crippen LogP contribution in [-0.4, -0.2) is 12.5 Å². The minimum Gasteiger partial charge on any atom is -0.356 e. The van der Waals surface area contributed by atoms with Gasteiger partial charge in [-0.05, 0) is 25.2 Å². The zero-order valence-corrected chi connectivity index (χ0v) is 8.10. The molecule has 1 saturated heterocycles. The van der Waals surface area contributed by atoms with E-state index in [4.69, 9.17) is 0 Å². The van der Waals surface area contributed by atoms with Crippen LogP contribution in [-0.2, 0) is 4.79 Å². The van der Waals surface area contributed by atoms with Gasteiger partial charge in [-0.1, -0.05) is 20.3 Å². The molecule has 1 amide bonds. The fraction of sp³-hybridized carbons (Fsp3) is 0.900. The second-order valence-corrected chi connectivity index (χ2v) is 4.10.